The second kappa shape index (κ2) is 7.17. The van der Waals surface area contributed by atoms with Gasteiger partial charge in [-0.15, -0.1) is 0 Å². The highest BCUT2D eigenvalue weighted by Gasteiger charge is 2.13. The Bertz CT molecular complexity index is 388. The highest BCUT2D eigenvalue weighted by Crippen LogP contribution is 2.22. The number of carbonyl (C=O) groups excluding carboxylic acids is 1. The van der Waals surface area contributed by atoms with E-state index < -0.39 is 0 Å². The van der Waals surface area contributed by atoms with Crippen LogP contribution < -0.4 is 10.5 Å². The maximum Gasteiger partial charge on any atom is 0.166 e. The average molecular weight is 249 g/mol. The minimum atomic E-state index is 0.0712. The van der Waals surface area contributed by atoms with Crippen LogP contribution in [0.3, 0.4) is 0 Å². The lowest BCUT2D eigenvalue weighted by Crippen LogP contribution is -2.14. The van der Waals surface area contributed by atoms with Crippen LogP contribution in [0.5, 0.6) is 5.75 Å². The molecule has 0 saturated carbocycles. The second-order valence-corrected chi connectivity index (χ2v) is 4.97. The molecule has 0 fully saturated rings. The van der Waals surface area contributed by atoms with Gasteiger partial charge >= 0.3 is 0 Å². The molecule has 0 radical (unpaired) electrons. The van der Waals surface area contributed by atoms with E-state index in [-0.39, 0.29) is 11.9 Å². The number of hydrogen-bond acceptors (Lipinski definition) is 3. The number of ether oxygens (including phenoxy) is 1. The summed E-state index contributed by atoms with van der Waals surface area (Å²) in [5.74, 6) is 1.19. The highest BCUT2D eigenvalue weighted by atomic mass is 16.5. The average Bonchev–Trinajstić information content (AvgIpc) is 2.35. The van der Waals surface area contributed by atoms with Gasteiger partial charge in [-0.25, -0.2) is 0 Å². The smallest absolute Gasteiger partial charge is 0.166 e. The van der Waals surface area contributed by atoms with Gasteiger partial charge in [-0.2, -0.15) is 0 Å². The van der Waals surface area contributed by atoms with Gasteiger partial charge in [0.1, 0.15) is 5.75 Å². The number of ketones is 1. The summed E-state index contributed by atoms with van der Waals surface area (Å²) in [4.78, 5) is 12.1. The molecule has 0 aliphatic heterocycles. The van der Waals surface area contributed by atoms with Crippen molar-refractivity contribution >= 4 is 5.78 Å². The van der Waals surface area contributed by atoms with Crippen molar-refractivity contribution in [1.82, 2.24) is 0 Å². The maximum atomic E-state index is 12.1. The summed E-state index contributed by atoms with van der Waals surface area (Å²) in [6.07, 6.45) is 1.42. The van der Waals surface area contributed by atoms with E-state index >= 15 is 0 Å². The quantitative estimate of drug-likeness (QED) is 0.756. The first-order valence-electron chi connectivity index (χ1n) is 6.53. The topological polar surface area (TPSA) is 52.3 Å². The normalized spacial score (nSPS) is 12.5. The van der Waals surface area contributed by atoms with Crippen LogP contribution in [0.15, 0.2) is 24.3 Å². The van der Waals surface area contributed by atoms with Crippen molar-refractivity contribution < 1.29 is 9.53 Å². The van der Waals surface area contributed by atoms with Gasteiger partial charge in [0.25, 0.3) is 0 Å². The van der Waals surface area contributed by atoms with Gasteiger partial charge in [0.2, 0.25) is 0 Å². The monoisotopic (exact) mass is 249 g/mol. The number of nitrogens with two attached hydrogens (primary N) is 1. The van der Waals surface area contributed by atoms with E-state index in [0.29, 0.717) is 30.2 Å². The summed E-state index contributed by atoms with van der Waals surface area (Å²) >= 11 is 0. The van der Waals surface area contributed by atoms with E-state index in [4.69, 9.17) is 10.5 Å². The Labute approximate surface area is 109 Å². The fraction of sp³-hybridized carbons (Fsp3) is 0.533. The van der Waals surface area contributed by atoms with Crippen molar-refractivity contribution in [2.75, 3.05) is 6.54 Å². The lowest BCUT2D eigenvalue weighted by atomic mass is 9.99. The van der Waals surface area contributed by atoms with Gasteiger partial charge in [0, 0.05) is 6.42 Å². The van der Waals surface area contributed by atoms with Crippen LogP contribution in [-0.2, 0) is 0 Å². The summed E-state index contributed by atoms with van der Waals surface area (Å²) < 4.78 is 5.65. The van der Waals surface area contributed by atoms with Crippen LogP contribution in [0.1, 0.15) is 44.0 Å². The number of rotatable bonds is 7. The predicted molar refractivity (Wildman–Crippen MR) is 74.0 cm³/mol. The van der Waals surface area contributed by atoms with Gasteiger partial charge in [0.15, 0.2) is 5.78 Å². The van der Waals surface area contributed by atoms with Gasteiger partial charge in [-0.3, -0.25) is 4.79 Å². The molecule has 100 valence electrons. The maximum absolute atomic E-state index is 12.1. The van der Waals surface area contributed by atoms with E-state index in [9.17, 15) is 4.79 Å². The van der Waals surface area contributed by atoms with E-state index in [0.717, 1.165) is 6.42 Å². The Morgan fingerprint density at radius 2 is 1.94 bits per heavy atom. The van der Waals surface area contributed by atoms with E-state index in [1.54, 1.807) is 0 Å². The molecule has 0 heterocycles. The molecule has 1 atom stereocenters. The molecule has 0 bridgehead atoms. The first kappa shape index (κ1) is 14.7. The van der Waals surface area contributed by atoms with Crippen molar-refractivity contribution in [2.24, 2.45) is 11.7 Å². The molecular weight excluding hydrogens is 226 g/mol. The van der Waals surface area contributed by atoms with Crippen molar-refractivity contribution in [3.05, 3.63) is 29.8 Å². The molecular formula is C15H23NO2. The van der Waals surface area contributed by atoms with E-state index in [1.165, 1.54) is 0 Å². The molecule has 3 heteroatoms. The van der Waals surface area contributed by atoms with Gasteiger partial charge < -0.3 is 10.5 Å². The molecule has 0 amide bonds. The molecule has 1 aromatic carbocycles. The number of carbonyl (C=O) groups is 1. The summed E-state index contributed by atoms with van der Waals surface area (Å²) in [6, 6.07) is 7.43. The molecule has 1 rings (SSSR count). The largest absolute Gasteiger partial charge is 0.490 e. The first-order chi connectivity index (χ1) is 8.54. The van der Waals surface area contributed by atoms with Gasteiger partial charge in [0.05, 0.1) is 11.7 Å². The third-order valence-electron chi connectivity index (χ3n) is 2.82. The predicted octanol–water partition coefficient (Wildman–Crippen LogP) is 3.03. The molecule has 18 heavy (non-hydrogen) atoms. The van der Waals surface area contributed by atoms with E-state index in [1.807, 2.05) is 38.1 Å². The van der Waals surface area contributed by atoms with Crippen LogP contribution in [0.25, 0.3) is 0 Å². The molecule has 1 aromatic rings. The Kier molecular flexibility index (Phi) is 5.86. The number of benzene rings is 1. The van der Waals surface area contributed by atoms with Crippen LogP contribution >= 0.6 is 0 Å². The Balaban J connectivity index is 2.72. The molecule has 0 spiro atoms. The summed E-state index contributed by atoms with van der Waals surface area (Å²) in [5, 5.41) is 0. The van der Waals surface area contributed by atoms with Crippen LogP contribution in [0.2, 0.25) is 0 Å². The third kappa shape index (κ3) is 4.49. The zero-order valence-corrected chi connectivity index (χ0v) is 11.5. The summed E-state index contributed by atoms with van der Waals surface area (Å²) in [6.45, 7) is 6.59. The minimum Gasteiger partial charge on any atom is -0.490 e. The first-order valence-corrected chi connectivity index (χ1v) is 6.53. The Morgan fingerprint density at radius 3 is 2.56 bits per heavy atom. The number of para-hydroxylation sites is 1. The van der Waals surface area contributed by atoms with Crippen LogP contribution in [0, 0.1) is 5.92 Å². The Morgan fingerprint density at radius 1 is 1.28 bits per heavy atom. The highest BCUT2D eigenvalue weighted by molar-refractivity contribution is 5.98. The summed E-state index contributed by atoms with van der Waals surface area (Å²) in [5.41, 5.74) is 6.23. The van der Waals surface area contributed by atoms with Crippen molar-refractivity contribution in [3.63, 3.8) is 0 Å². The number of Topliss-reactive ketones (excluding diaryl/α,β-unsaturated/α-hetero) is 1. The molecule has 0 saturated heterocycles. The zero-order chi connectivity index (χ0) is 13.5. The molecule has 0 aromatic heterocycles. The number of hydrogen-bond donors (Lipinski definition) is 1. The van der Waals surface area contributed by atoms with Gasteiger partial charge in [-0.1, -0.05) is 19.1 Å². The fourth-order valence-electron chi connectivity index (χ4n) is 1.68. The Hall–Kier alpha value is -1.35. The molecule has 3 nitrogen and oxygen atoms in total. The standard InChI is InChI=1S/C15H23NO2/c1-11(2)18-15-7-5-4-6-13(15)14(17)9-8-12(3)10-16/h4-7,11-12H,8-10,16H2,1-3H3. The zero-order valence-electron chi connectivity index (χ0n) is 11.5. The summed E-state index contributed by atoms with van der Waals surface area (Å²) in [7, 11) is 0. The van der Waals surface area contributed by atoms with E-state index in [2.05, 4.69) is 6.92 Å². The molecule has 1 unspecified atom stereocenters. The fourth-order valence-corrected chi connectivity index (χ4v) is 1.68. The lowest BCUT2D eigenvalue weighted by molar-refractivity contribution is 0.0969. The molecule has 2 N–H and O–H groups in total. The SMILES string of the molecule is CC(CN)CCC(=O)c1ccccc1OC(C)C. The minimum absolute atomic E-state index is 0.0712. The van der Waals surface area contributed by atoms with Crippen molar-refractivity contribution in [2.45, 2.75) is 39.7 Å². The van der Waals surface area contributed by atoms with Crippen molar-refractivity contribution in [1.29, 1.82) is 0 Å². The third-order valence-corrected chi connectivity index (χ3v) is 2.82. The molecule has 0 aliphatic rings. The van der Waals surface area contributed by atoms with Crippen LogP contribution in [-0.4, -0.2) is 18.4 Å². The van der Waals surface area contributed by atoms with Gasteiger partial charge in [-0.05, 0) is 44.9 Å². The van der Waals surface area contributed by atoms with Crippen molar-refractivity contribution in [3.8, 4) is 5.75 Å². The second-order valence-electron chi connectivity index (χ2n) is 4.97. The lowest BCUT2D eigenvalue weighted by Gasteiger charge is -2.14. The van der Waals surface area contributed by atoms with Crippen LogP contribution in [0.4, 0.5) is 0 Å². The molecule has 0 aliphatic carbocycles.